The van der Waals surface area contributed by atoms with E-state index in [9.17, 15) is 9.59 Å². The summed E-state index contributed by atoms with van der Waals surface area (Å²) < 4.78 is 15.4. The number of hydrogen-bond donors (Lipinski definition) is 1. The Hall–Kier alpha value is -1.38. The molecule has 1 aromatic heterocycles. The van der Waals surface area contributed by atoms with Crippen LogP contribution in [0.4, 0.5) is 0 Å². The molecular formula is C13H18BrNO6. The Morgan fingerprint density at radius 3 is 2.67 bits per heavy atom. The number of rotatable bonds is 9. The number of furan rings is 1. The van der Waals surface area contributed by atoms with Crippen molar-refractivity contribution in [2.24, 2.45) is 0 Å². The molecule has 8 heteroatoms. The molecule has 0 aliphatic carbocycles. The van der Waals surface area contributed by atoms with Gasteiger partial charge in [-0.05, 0) is 28.1 Å². The standard InChI is InChI=1S/C13H18BrNO6/c1-19-12(17)4-5-15(6-8-20-9-7-16)13(18)10-2-3-11(14)21-10/h2-3,16H,4-9H2,1H3. The van der Waals surface area contributed by atoms with E-state index in [1.807, 2.05) is 0 Å². The molecule has 0 aliphatic rings. The number of amides is 1. The van der Waals surface area contributed by atoms with Gasteiger partial charge in [-0.3, -0.25) is 9.59 Å². The monoisotopic (exact) mass is 363 g/mol. The quantitative estimate of drug-likeness (QED) is 0.521. The second-order valence-electron chi connectivity index (χ2n) is 4.06. The summed E-state index contributed by atoms with van der Waals surface area (Å²) in [5.74, 6) is -0.559. The zero-order valence-corrected chi connectivity index (χ0v) is 13.3. The SMILES string of the molecule is COC(=O)CCN(CCOCCO)C(=O)c1ccc(Br)o1. The summed E-state index contributed by atoms with van der Waals surface area (Å²) in [6.45, 7) is 0.863. The molecule has 0 aliphatic heterocycles. The maximum absolute atomic E-state index is 12.3. The predicted octanol–water partition coefficient (Wildman–Crippen LogP) is 1.06. The molecule has 0 atom stereocenters. The third kappa shape index (κ3) is 6.28. The van der Waals surface area contributed by atoms with Crippen LogP contribution < -0.4 is 0 Å². The first-order valence-corrected chi connectivity index (χ1v) is 7.17. The van der Waals surface area contributed by atoms with Gasteiger partial charge in [0.05, 0.1) is 33.4 Å². The first-order chi connectivity index (χ1) is 10.1. The van der Waals surface area contributed by atoms with Gasteiger partial charge in [0, 0.05) is 13.1 Å². The van der Waals surface area contributed by atoms with Crippen molar-refractivity contribution in [3.63, 3.8) is 0 Å². The molecule has 1 amide bonds. The van der Waals surface area contributed by atoms with Gasteiger partial charge >= 0.3 is 5.97 Å². The Morgan fingerprint density at radius 2 is 2.10 bits per heavy atom. The Kier molecular flexibility index (Phi) is 8.03. The van der Waals surface area contributed by atoms with Crippen molar-refractivity contribution in [1.29, 1.82) is 0 Å². The van der Waals surface area contributed by atoms with Crippen LogP contribution in [0.1, 0.15) is 17.0 Å². The second kappa shape index (κ2) is 9.54. The van der Waals surface area contributed by atoms with E-state index >= 15 is 0 Å². The molecule has 21 heavy (non-hydrogen) atoms. The summed E-state index contributed by atoms with van der Waals surface area (Å²) in [6.07, 6.45) is 0.0874. The molecule has 0 aromatic carbocycles. The predicted molar refractivity (Wildman–Crippen MR) is 76.8 cm³/mol. The maximum Gasteiger partial charge on any atom is 0.307 e. The molecule has 1 N–H and O–H groups in total. The highest BCUT2D eigenvalue weighted by molar-refractivity contribution is 9.10. The normalized spacial score (nSPS) is 10.4. The minimum Gasteiger partial charge on any atom is -0.469 e. The van der Waals surface area contributed by atoms with E-state index in [4.69, 9.17) is 14.3 Å². The number of aliphatic hydroxyl groups is 1. The van der Waals surface area contributed by atoms with Gasteiger partial charge < -0.3 is 23.9 Å². The minimum absolute atomic E-state index is 0.0821. The fraction of sp³-hybridized carbons (Fsp3) is 0.538. The number of aliphatic hydroxyl groups excluding tert-OH is 1. The molecule has 0 saturated carbocycles. The van der Waals surface area contributed by atoms with Gasteiger partial charge in [-0.15, -0.1) is 0 Å². The van der Waals surface area contributed by atoms with E-state index in [1.165, 1.54) is 12.0 Å². The summed E-state index contributed by atoms with van der Waals surface area (Å²) in [7, 11) is 1.29. The lowest BCUT2D eigenvalue weighted by molar-refractivity contribution is -0.140. The molecule has 0 spiro atoms. The number of nitrogens with zero attached hydrogens (tertiary/aromatic N) is 1. The Balaban J connectivity index is 2.61. The number of hydrogen-bond acceptors (Lipinski definition) is 6. The van der Waals surface area contributed by atoms with Crippen molar-refractivity contribution in [2.45, 2.75) is 6.42 Å². The van der Waals surface area contributed by atoms with Crippen LogP contribution in [0.5, 0.6) is 0 Å². The fourth-order valence-electron chi connectivity index (χ4n) is 1.57. The van der Waals surface area contributed by atoms with Gasteiger partial charge in [-0.25, -0.2) is 0 Å². The average Bonchev–Trinajstić information content (AvgIpc) is 2.92. The molecule has 0 unspecified atom stereocenters. The van der Waals surface area contributed by atoms with Crippen molar-refractivity contribution in [1.82, 2.24) is 4.90 Å². The van der Waals surface area contributed by atoms with Gasteiger partial charge in [0.2, 0.25) is 0 Å². The molecule has 7 nitrogen and oxygen atoms in total. The summed E-state index contributed by atoms with van der Waals surface area (Å²) in [5, 5.41) is 8.64. The molecule has 118 valence electrons. The van der Waals surface area contributed by atoms with Crippen molar-refractivity contribution >= 4 is 27.8 Å². The van der Waals surface area contributed by atoms with E-state index in [-0.39, 0.29) is 51.0 Å². The third-order valence-electron chi connectivity index (χ3n) is 2.63. The lowest BCUT2D eigenvalue weighted by Crippen LogP contribution is -2.36. The third-order valence-corrected chi connectivity index (χ3v) is 3.05. The maximum atomic E-state index is 12.3. The van der Waals surface area contributed by atoms with Crippen LogP contribution in [0.25, 0.3) is 0 Å². The Morgan fingerprint density at radius 1 is 1.33 bits per heavy atom. The van der Waals surface area contributed by atoms with Gasteiger partial charge in [0.1, 0.15) is 0 Å². The first kappa shape index (κ1) is 17.7. The van der Waals surface area contributed by atoms with Crippen molar-refractivity contribution in [2.75, 3.05) is 40.0 Å². The number of carbonyl (C=O) groups excluding carboxylic acids is 2. The summed E-state index contributed by atoms with van der Waals surface area (Å²) in [6, 6.07) is 3.17. The number of halogens is 1. The number of methoxy groups -OCH3 is 1. The molecule has 1 heterocycles. The summed E-state index contributed by atoms with van der Waals surface area (Å²) in [4.78, 5) is 24.9. The number of carbonyl (C=O) groups is 2. The van der Waals surface area contributed by atoms with Crippen LogP contribution in [0.3, 0.4) is 0 Å². The zero-order chi connectivity index (χ0) is 15.7. The lowest BCUT2D eigenvalue weighted by atomic mass is 10.3. The Labute approximate surface area is 130 Å². The largest absolute Gasteiger partial charge is 0.469 e. The Bertz CT molecular complexity index is 461. The van der Waals surface area contributed by atoms with Crippen molar-refractivity contribution < 1.29 is 28.6 Å². The molecule has 0 radical (unpaired) electrons. The summed E-state index contributed by atoms with van der Waals surface area (Å²) in [5.41, 5.74) is 0. The summed E-state index contributed by atoms with van der Waals surface area (Å²) >= 11 is 3.13. The molecule has 1 rings (SSSR count). The van der Waals surface area contributed by atoms with Crippen LogP contribution in [0.2, 0.25) is 0 Å². The molecule has 1 aromatic rings. The van der Waals surface area contributed by atoms with Crippen LogP contribution in [-0.4, -0.2) is 61.9 Å². The van der Waals surface area contributed by atoms with E-state index in [2.05, 4.69) is 20.7 Å². The van der Waals surface area contributed by atoms with E-state index < -0.39 is 5.97 Å². The lowest BCUT2D eigenvalue weighted by Gasteiger charge is -2.21. The number of ether oxygens (including phenoxy) is 2. The molecule has 0 fully saturated rings. The van der Waals surface area contributed by atoms with E-state index in [0.29, 0.717) is 4.67 Å². The van der Waals surface area contributed by atoms with Crippen molar-refractivity contribution in [3.05, 3.63) is 22.6 Å². The molecular weight excluding hydrogens is 346 g/mol. The van der Waals surface area contributed by atoms with Gasteiger partial charge in [0.25, 0.3) is 5.91 Å². The highest BCUT2D eigenvalue weighted by Crippen LogP contribution is 2.16. The fourth-order valence-corrected chi connectivity index (χ4v) is 1.88. The first-order valence-electron chi connectivity index (χ1n) is 6.38. The van der Waals surface area contributed by atoms with Crippen molar-refractivity contribution in [3.8, 4) is 0 Å². The van der Waals surface area contributed by atoms with Gasteiger partial charge in [-0.1, -0.05) is 0 Å². The smallest absolute Gasteiger partial charge is 0.307 e. The van der Waals surface area contributed by atoms with Gasteiger partial charge in [-0.2, -0.15) is 0 Å². The number of esters is 1. The molecule has 0 saturated heterocycles. The van der Waals surface area contributed by atoms with Crippen LogP contribution in [0, 0.1) is 0 Å². The molecule has 0 bridgehead atoms. The van der Waals surface area contributed by atoms with Crippen LogP contribution in [-0.2, 0) is 14.3 Å². The average molecular weight is 364 g/mol. The zero-order valence-electron chi connectivity index (χ0n) is 11.7. The van der Waals surface area contributed by atoms with E-state index in [0.717, 1.165) is 0 Å². The van der Waals surface area contributed by atoms with E-state index in [1.54, 1.807) is 12.1 Å². The second-order valence-corrected chi connectivity index (χ2v) is 4.84. The van der Waals surface area contributed by atoms with Crippen LogP contribution in [0.15, 0.2) is 21.2 Å². The minimum atomic E-state index is -0.398. The highest BCUT2D eigenvalue weighted by atomic mass is 79.9. The topological polar surface area (TPSA) is 89.2 Å². The van der Waals surface area contributed by atoms with Gasteiger partial charge in [0.15, 0.2) is 10.4 Å². The highest BCUT2D eigenvalue weighted by Gasteiger charge is 2.20. The van der Waals surface area contributed by atoms with Crippen LogP contribution >= 0.6 is 15.9 Å².